The summed E-state index contributed by atoms with van der Waals surface area (Å²) in [5.74, 6) is 2.51. The molecular formula is C25H32O6. The predicted molar refractivity (Wildman–Crippen MR) is 117 cm³/mol. The number of hydrogen-bond donors (Lipinski definition) is 1. The van der Waals surface area contributed by atoms with E-state index in [4.69, 9.17) is 18.9 Å². The molecule has 2 unspecified atom stereocenters. The van der Waals surface area contributed by atoms with Crippen LogP contribution in [0.5, 0.6) is 17.2 Å². The van der Waals surface area contributed by atoms with E-state index in [1.165, 1.54) is 0 Å². The Morgan fingerprint density at radius 2 is 2.06 bits per heavy atom. The van der Waals surface area contributed by atoms with Crippen LogP contribution in [-0.4, -0.2) is 36.5 Å². The summed E-state index contributed by atoms with van der Waals surface area (Å²) in [5, 5.41) is 10.5. The van der Waals surface area contributed by atoms with Crippen molar-refractivity contribution >= 4 is 11.5 Å². The van der Waals surface area contributed by atoms with Crippen LogP contribution in [0.25, 0.3) is 5.57 Å². The first-order valence-electron chi connectivity index (χ1n) is 11.1. The SMILES string of the molecule is CCOC(=O)C1=C2CCC(C(C)C)C=C2c2c(cc3c(c2OC)CC(C(C)(C)O)O3)O1. The summed E-state index contributed by atoms with van der Waals surface area (Å²) in [6.07, 6.45) is 4.10. The van der Waals surface area contributed by atoms with Crippen molar-refractivity contribution in [2.45, 2.75) is 65.6 Å². The maximum absolute atomic E-state index is 12.7. The average Bonchev–Trinajstić information content (AvgIpc) is 3.15. The van der Waals surface area contributed by atoms with Crippen LogP contribution >= 0.6 is 0 Å². The molecule has 4 rings (SSSR count). The Labute approximate surface area is 183 Å². The fourth-order valence-corrected chi connectivity index (χ4v) is 4.66. The van der Waals surface area contributed by atoms with Gasteiger partial charge in [-0.2, -0.15) is 0 Å². The molecule has 1 aromatic carbocycles. The zero-order chi connectivity index (χ0) is 22.5. The maximum Gasteiger partial charge on any atom is 0.374 e. The Morgan fingerprint density at radius 3 is 2.68 bits per heavy atom. The lowest BCUT2D eigenvalue weighted by molar-refractivity contribution is -0.141. The van der Waals surface area contributed by atoms with Crippen molar-refractivity contribution in [2.75, 3.05) is 13.7 Å². The van der Waals surface area contributed by atoms with Gasteiger partial charge in [0, 0.05) is 23.6 Å². The molecule has 0 amide bonds. The number of ether oxygens (including phenoxy) is 4. The molecule has 0 saturated carbocycles. The second-order valence-corrected chi connectivity index (χ2v) is 9.38. The number of rotatable bonds is 5. The Morgan fingerprint density at radius 1 is 1.32 bits per heavy atom. The number of esters is 1. The molecule has 31 heavy (non-hydrogen) atoms. The fraction of sp³-hybridized carbons (Fsp3) is 0.560. The lowest BCUT2D eigenvalue weighted by atomic mass is 9.77. The number of fused-ring (bicyclic) bond motifs is 4. The first-order chi connectivity index (χ1) is 14.7. The zero-order valence-corrected chi connectivity index (χ0v) is 19.2. The predicted octanol–water partition coefficient (Wildman–Crippen LogP) is 4.43. The van der Waals surface area contributed by atoms with E-state index in [1.54, 1.807) is 27.9 Å². The maximum atomic E-state index is 12.7. The molecule has 1 N–H and O–H groups in total. The first-order valence-corrected chi connectivity index (χ1v) is 11.1. The van der Waals surface area contributed by atoms with Crippen molar-refractivity contribution < 1.29 is 28.8 Å². The second kappa shape index (κ2) is 7.90. The molecule has 1 aliphatic carbocycles. The van der Waals surface area contributed by atoms with Gasteiger partial charge in [0.1, 0.15) is 23.4 Å². The molecule has 6 nitrogen and oxygen atoms in total. The van der Waals surface area contributed by atoms with Gasteiger partial charge in [0.15, 0.2) is 0 Å². The Bertz CT molecular complexity index is 963. The highest BCUT2D eigenvalue weighted by molar-refractivity contribution is 5.99. The number of methoxy groups -OCH3 is 1. The van der Waals surface area contributed by atoms with Gasteiger partial charge in [-0.15, -0.1) is 0 Å². The van der Waals surface area contributed by atoms with Crippen LogP contribution in [0.2, 0.25) is 0 Å². The van der Waals surface area contributed by atoms with Crippen LogP contribution < -0.4 is 14.2 Å². The van der Waals surface area contributed by atoms with Crippen molar-refractivity contribution in [1.29, 1.82) is 0 Å². The van der Waals surface area contributed by atoms with Gasteiger partial charge in [-0.3, -0.25) is 0 Å². The Hall–Kier alpha value is -2.47. The standard InChI is InChI=1S/C25H32O6/c1-7-29-24(26)23-15-9-8-14(13(2)3)10-16(15)21-19(31-23)12-18-17(22(21)28-6)11-20(30-18)25(4,5)27/h10,12-14,20,27H,7-9,11H2,1-6H3. The number of carbonyl (C=O) groups is 1. The third-order valence-electron chi connectivity index (χ3n) is 6.46. The largest absolute Gasteiger partial charge is 0.496 e. The van der Waals surface area contributed by atoms with E-state index in [-0.39, 0.29) is 18.5 Å². The summed E-state index contributed by atoms with van der Waals surface area (Å²) in [6, 6.07) is 1.81. The minimum atomic E-state index is -1.00. The molecule has 0 spiro atoms. The van der Waals surface area contributed by atoms with Gasteiger partial charge in [0.25, 0.3) is 0 Å². The lowest BCUT2D eigenvalue weighted by Gasteiger charge is -2.32. The summed E-state index contributed by atoms with van der Waals surface area (Å²) in [6.45, 7) is 9.97. The fourth-order valence-electron chi connectivity index (χ4n) is 4.66. The zero-order valence-electron chi connectivity index (χ0n) is 19.2. The number of benzene rings is 1. The van der Waals surface area contributed by atoms with Gasteiger partial charge in [-0.1, -0.05) is 19.9 Å². The van der Waals surface area contributed by atoms with Crippen LogP contribution in [0, 0.1) is 11.8 Å². The lowest BCUT2D eigenvalue weighted by Crippen LogP contribution is -2.39. The number of aliphatic hydroxyl groups is 1. The monoisotopic (exact) mass is 428 g/mol. The minimum Gasteiger partial charge on any atom is -0.496 e. The Balaban J connectivity index is 1.89. The molecule has 168 valence electrons. The van der Waals surface area contributed by atoms with Crippen LogP contribution in [0.4, 0.5) is 0 Å². The third kappa shape index (κ3) is 3.71. The average molecular weight is 429 g/mol. The quantitative estimate of drug-likeness (QED) is 0.700. The molecule has 6 heteroatoms. The molecule has 0 fully saturated rings. The number of carbonyl (C=O) groups excluding carboxylic acids is 1. The molecule has 0 bridgehead atoms. The number of hydrogen-bond acceptors (Lipinski definition) is 6. The summed E-state index contributed by atoms with van der Waals surface area (Å²) in [4.78, 5) is 12.7. The number of allylic oxidation sites excluding steroid dienone is 3. The van der Waals surface area contributed by atoms with Crippen LogP contribution in [-0.2, 0) is 16.0 Å². The van der Waals surface area contributed by atoms with E-state index in [0.29, 0.717) is 35.5 Å². The molecule has 2 aliphatic heterocycles. The molecule has 0 saturated heterocycles. The highest BCUT2D eigenvalue weighted by Crippen LogP contribution is 2.54. The molecule has 1 aromatic rings. The molecule has 0 aromatic heterocycles. The normalized spacial score (nSPS) is 22.1. The van der Waals surface area contributed by atoms with Crippen molar-refractivity contribution in [3.63, 3.8) is 0 Å². The van der Waals surface area contributed by atoms with E-state index in [2.05, 4.69) is 19.9 Å². The molecule has 2 atom stereocenters. The van der Waals surface area contributed by atoms with Gasteiger partial charge in [-0.25, -0.2) is 4.79 Å². The first kappa shape index (κ1) is 21.8. The molecule has 3 aliphatic rings. The van der Waals surface area contributed by atoms with Crippen molar-refractivity contribution in [3.05, 3.63) is 34.6 Å². The smallest absolute Gasteiger partial charge is 0.374 e. The van der Waals surface area contributed by atoms with E-state index in [9.17, 15) is 9.90 Å². The van der Waals surface area contributed by atoms with Crippen LogP contribution in [0.1, 0.15) is 58.6 Å². The minimum absolute atomic E-state index is 0.252. The van der Waals surface area contributed by atoms with E-state index < -0.39 is 11.6 Å². The second-order valence-electron chi connectivity index (χ2n) is 9.38. The summed E-state index contributed by atoms with van der Waals surface area (Å²) >= 11 is 0. The van der Waals surface area contributed by atoms with E-state index in [1.807, 2.05) is 6.07 Å². The third-order valence-corrected chi connectivity index (χ3v) is 6.46. The van der Waals surface area contributed by atoms with E-state index in [0.717, 1.165) is 35.1 Å². The van der Waals surface area contributed by atoms with Gasteiger partial charge in [0.2, 0.25) is 5.76 Å². The van der Waals surface area contributed by atoms with Gasteiger partial charge in [0.05, 0.1) is 24.9 Å². The highest BCUT2D eigenvalue weighted by atomic mass is 16.6. The van der Waals surface area contributed by atoms with Gasteiger partial charge < -0.3 is 24.1 Å². The van der Waals surface area contributed by atoms with Crippen molar-refractivity contribution in [1.82, 2.24) is 0 Å². The topological polar surface area (TPSA) is 74.2 Å². The van der Waals surface area contributed by atoms with Gasteiger partial charge >= 0.3 is 5.97 Å². The summed E-state index contributed by atoms with van der Waals surface area (Å²) in [5.41, 5.74) is 2.63. The molecule has 2 heterocycles. The highest BCUT2D eigenvalue weighted by Gasteiger charge is 2.41. The Kier molecular flexibility index (Phi) is 5.54. The van der Waals surface area contributed by atoms with E-state index >= 15 is 0 Å². The van der Waals surface area contributed by atoms with Gasteiger partial charge in [-0.05, 0) is 51.0 Å². The molecular weight excluding hydrogens is 396 g/mol. The van der Waals surface area contributed by atoms with Crippen LogP contribution in [0.15, 0.2) is 23.5 Å². The molecule has 0 radical (unpaired) electrons. The summed E-state index contributed by atoms with van der Waals surface area (Å²) in [7, 11) is 1.64. The van der Waals surface area contributed by atoms with Crippen molar-refractivity contribution in [3.8, 4) is 17.2 Å². The van der Waals surface area contributed by atoms with Crippen molar-refractivity contribution in [2.24, 2.45) is 11.8 Å². The van der Waals surface area contributed by atoms with Crippen LogP contribution in [0.3, 0.4) is 0 Å². The summed E-state index contributed by atoms with van der Waals surface area (Å²) < 4.78 is 23.4.